The van der Waals surface area contributed by atoms with Crippen LogP contribution in [0.2, 0.25) is 0 Å². The third-order valence-corrected chi connectivity index (χ3v) is 4.61. The number of aliphatic imine (C=N–C) groups is 1. The Kier molecular flexibility index (Phi) is 9.27. The zero-order valence-corrected chi connectivity index (χ0v) is 20.4. The summed E-state index contributed by atoms with van der Waals surface area (Å²) < 4.78 is 45.8. The van der Waals surface area contributed by atoms with E-state index >= 15 is 0 Å². The van der Waals surface area contributed by atoms with E-state index in [1.54, 1.807) is 4.90 Å². The van der Waals surface area contributed by atoms with Gasteiger partial charge in [-0.3, -0.25) is 4.99 Å². The lowest BCUT2D eigenvalue weighted by atomic mass is 9.80. The highest BCUT2D eigenvalue weighted by Gasteiger charge is 2.33. The zero-order valence-electron chi connectivity index (χ0n) is 18.1. The summed E-state index contributed by atoms with van der Waals surface area (Å²) >= 11 is 0. The molecule has 1 aromatic carbocycles. The molecule has 11 heteroatoms. The summed E-state index contributed by atoms with van der Waals surface area (Å²) in [6, 6.07) is 5.22. The minimum Gasteiger partial charge on any atom is -0.444 e. The van der Waals surface area contributed by atoms with Gasteiger partial charge in [0.2, 0.25) is 0 Å². The van der Waals surface area contributed by atoms with Gasteiger partial charge >= 0.3 is 12.5 Å². The number of carbonyl (C=O) groups is 1. The molecular formula is C20H30F3IN4O3. The predicted molar refractivity (Wildman–Crippen MR) is 124 cm³/mol. The van der Waals surface area contributed by atoms with E-state index in [1.165, 1.54) is 24.3 Å². The number of halogens is 4. The second kappa shape index (κ2) is 10.6. The Balaban J connectivity index is 0.00000480. The molecule has 3 N–H and O–H groups in total. The molecule has 0 saturated carbocycles. The first-order valence-electron chi connectivity index (χ1n) is 9.65. The number of anilines is 1. The molecule has 0 radical (unpaired) electrons. The minimum absolute atomic E-state index is 0. The average Bonchev–Trinajstić information content (AvgIpc) is 2.60. The van der Waals surface area contributed by atoms with Gasteiger partial charge in [0.25, 0.3) is 0 Å². The largest absolute Gasteiger partial charge is 0.573 e. The van der Waals surface area contributed by atoms with Crippen molar-refractivity contribution >= 4 is 41.7 Å². The number of benzene rings is 1. The highest BCUT2D eigenvalue weighted by Crippen LogP contribution is 2.32. The van der Waals surface area contributed by atoms with Crippen LogP contribution in [0.4, 0.5) is 23.7 Å². The van der Waals surface area contributed by atoms with Gasteiger partial charge in [-0.25, -0.2) is 4.79 Å². The van der Waals surface area contributed by atoms with Crippen LogP contribution in [0, 0.1) is 5.41 Å². The molecule has 0 aromatic heterocycles. The Morgan fingerprint density at radius 1 is 1.19 bits per heavy atom. The lowest BCUT2D eigenvalue weighted by molar-refractivity contribution is -0.274. The summed E-state index contributed by atoms with van der Waals surface area (Å²) in [5, 5.41) is 2.85. The van der Waals surface area contributed by atoms with Gasteiger partial charge < -0.3 is 25.4 Å². The molecule has 0 bridgehead atoms. The lowest BCUT2D eigenvalue weighted by Gasteiger charge is -2.38. The van der Waals surface area contributed by atoms with Gasteiger partial charge in [-0.05, 0) is 63.3 Å². The maximum atomic E-state index is 12.2. The van der Waals surface area contributed by atoms with Crippen LogP contribution in [0.25, 0.3) is 0 Å². The number of hydrogen-bond acceptors (Lipinski definition) is 4. The average molecular weight is 558 g/mol. The van der Waals surface area contributed by atoms with Crippen molar-refractivity contribution < 1.29 is 27.4 Å². The van der Waals surface area contributed by atoms with Crippen LogP contribution < -0.4 is 15.8 Å². The standard InChI is InChI=1S/C20H29F3N4O3.HI/c1-18(2,3)30-17(28)27-11-9-19(4,10-12-27)13-25-16(24)26-14-5-7-15(8-6-14)29-20(21,22)23;/h5-8H,9-13H2,1-4H3,(H3,24,25,26);1H. The minimum atomic E-state index is -4.73. The van der Waals surface area contributed by atoms with E-state index < -0.39 is 12.0 Å². The van der Waals surface area contributed by atoms with Crippen LogP contribution in [-0.2, 0) is 4.74 Å². The second-order valence-corrected chi connectivity index (χ2v) is 8.68. The maximum absolute atomic E-state index is 12.2. The van der Waals surface area contributed by atoms with E-state index in [-0.39, 0.29) is 47.2 Å². The molecule has 31 heavy (non-hydrogen) atoms. The first-order chi connectivity index (χ1) is 13.7. The van der Waals surface area contributed by atoms with Crippen molar-refractivity contribution in [2.45, 2.75) is 52.5 Å². The van der Waals surface area contributed by atoms with E-state index in [9.17, 15) is 18.0 Å². The molecule has 1 aromatic rings. The van der Waals surface area contributed by atoms with Crippen LogP contribution in [0.5, 0.6) is 5.75 Å². The summed E-state index contributed by atoms with van der Waals surface area (Å²) in [4.78, 5) is 18.2. The quantitative estimate of drug-likeness (QED) is 0.310. The normalized spacial score (nSPS) is 16.9. The van der Waals surface area contributed by atoms with Crippen molar-refractivity contribution in [2.24, 2.45) is 16.1 Å². The summed E-state index contributed by atoms with van der Waals surface area (Å²) in [5.41, 5.74) is 5.76. The van der Waals surface area contributed by atoms with Crippen molar-refractivity contribution in [3.05, 3.63) is 24.3 Å². The SMILES string of the molecule is CC1(CN=C(N)Nc2ccc(OC(F)(F)F)cc2)CCN(C(=O)OC(C)(C)C)CC1.I. The molecule has 0 atom stereocenters. The fraction of sp³-hybridized carbons (Fsp3) is 0.600. The number of alkyl halides is 3. The highest BCUT2D eigenvalue weighted by molar-refractivity contribution is 14.0. The van der Waals surface area contributed by atoms with Gasteiger partial charge in [-0.15, -0.1) is 37.1 Å². The number of rotatable bonds is 4. The number of nitrogens with zero attached hydrogens (tertiary/aromatic N) is 2. The molecule has 1 amide bonds. The summed E-state index contributed by atoms with van der Waals surface area (Å²) in [7, 11) is 0. The molecule has 1 aliphatic heterocycles. The van der Waals surface area contributed by atoms with Crippen LogP contribution in [0.1, 0.15) is 40.5 Å². The summed E-state index contributed by atoms with van der Waals surface area (Å²) in [6.45, 7) is 9.20. The Hall–Kier alpha value is -1.92. The van der Waals surface area contributed by atoms with Crippen molar-refractivity contribution in [1.82, 2.24) is 4.90 Å². The van der Waals surface area contributed by atoms with Gasteiger partial charge in [0.15, 0.2) is 5.96 Å². The number of amides is 1. The van der Waals surface area contributed by atoms with Crippen molar-refractivity contribution in [3.8, 4) is 5.75 Å². The molecule has 1 aliphatic rings. The Labute approximate surface area is 197 Å². The van der Waals surface area contributed by atoms with Gasteiger partial charge in [-0.2, -0.15) is 0 Å². The second-order valence-electron chi connectivity index (χ2n) is 8.68. The smallest absolute Gasteiger partial charge is 0.444 e. The number of piperidine rings is 1. The molecule has 0 spiro atoms. The van der Waals surface area contributed by atoms with Crippen molar-refractivity contribution in [2.75, 3.05) is 25.0 Å². The van der Waals surface area contributed by atoms with Gasteiger partial charge in [0, 0.05) is 25.3 Å². The van der Waals surface area contributed by atoms with E-state index in [0.29, 0.717) is 25.3 Å². The van der Waals surface area contributed by atoms with Crippen LogP contribution >= 0.6 is 24.0 Å². The predicted octanol–water partition coefficient (Wildman–Crippen LogP) is 4.97. The molecule has 1 saturated heterocycles. The maximum Gasteiger partial charge on any atom is 0.573 e. The lowest BCUT2D eigenvalue weighted by Crippen LogP contribution is -2.45. The van der Waals surface area contributed by atoms with Crippen LogP contribution in [0.3, 0.4) is 0 Å². The van der Waals surface area contributed by atoms with Crippen LogP contribution in [0.15, 0.2) is 29.3 Å². The number of likely N-dealkylation sites (tertiary alicyclic amines) is 1. The molecular weight excluding hydrogens is 528 g/mol. The Morgan fingerprint density at radius 3 is 2.23 bits per heavy atom. The first kappa shape index (κ1) is 27.1. The fourth-order valence-electron chi connectivity index (χ4n) is 2.92. The summed E-state index contributed by atoms with van der Waals surface area (Å²) in [5.74, 6) is -0.150. The highest BCUT2D eigenvalue weighted by atomic mass is 127. The Bertz CT molecular complexity index is 756. The van der Waals surface area contributed by atoms with E-state index in [1.807, 2.05) is 20.8 Å². The van der Waals surface area contributed by atoms with E-state index in [4.69, 9.17) is 10.5 Å². The molecule has 1 fully saturated rings. The van der Waals surface area contributed by atoms with Crippen molar-refractivity contribution in [1.29, 1.82) is 0 Å². The number of carbonyl (C=O) groups excluding carboxylic acids is 1. The summed E-state index contributed by atoms with van der Waals surface area (Å²) in [6.07, 6.45) is -3.53. The fourth-order valence-corrected chi connectivity index (χ4v) is 2.92. The zero-order chi connectivity index (χ0) is 22.6. The number of ether oxygens (including phenoxy) is 2. The van der Waals surface area contributed by atoms with Crippen molar-refractivity contribution in [3.63, 3.8) is 0 Å². The number of hydrogen-bond donors (Lipinski definition) is 2. The molecule has 0 unspecified atom stereocenters. The molecule has 2 rings (SSSR count). The number of nitrogens with two attached hydrogens (primary N) is 1. The van der Waals surface area contributed by atoms with Crippen LogP contribution in [-0.4, -0.2) is 48.6 Å². The van der Waals surface area contributed by atoms with Gasteiger partial charge in [0.05, 0.1) is 0 Å². The van der Waals surface area contributed by atoms with Gasteiger partial charge in [-0.1, -0.05) is 6.92 Å². The van der Waals surface area contributed by atoms with E-state index in [0.717, 1.165) is 12.8 Å². The molecule has 1 heterocycles. The number of guanidine groups is 1. The third kappa shape index (κ3) is 9.83. The molecule has 7 nitrogen and oxygen atoms in total. The third-order valence-electron chi connectivity index (χ3n) is 4.61. The Morgan fingerprint density at radius 2 is 1.74 bits per heavy atom. The first-order valence-corrected chi connectivity index (χ1v) is 9.65. The molecule has 176 valence electrons. The van der Waals surface area contributed by atoms with E-state index in [2.05, 4.69) is 22.0 Å². The monoisotopic (exact) mass is 558 g/mol. The van der Waals surface area contributed by atoms with Gasteiger partial charge in [0.1, 0.15) is 11.4 Å². The molecule has 0 aliphatic carbocycles. The number of nitrogens with one attached hydrogen (secondary N) is 1. The topological polar surface area (TPSA) is 89.2 Å².